The van der Waals surface area contributed by atoms with Crippen molar-refractivity contribution in [1.82, 2.24) is 19.8 Å². The average molecular weight is 218 g/mol. The minimum absolute atomic E-state index is 0.876. The molecule has 0 aliphatic heterocycles. The number of hydrogen-bond donors (Lipinski definition) is 1. The van der Waals surface area contributed by atoms with Gasteiger partial charge in [-0.2, -0.15) is 5.10 Å². The fourth-order valence-corrected chi connectivity index (χ4v) is 1.65. The van der Waals surface area contributed by atoms with E-state index in [0.29, 0.717) is 0 Å². The molecule has 0 bridgehead atoms. The van der Waals surface area contributed by atoms with Gasteiger partial charge in [-0.1, -0.05) is 6.07 Å². The predicted octanol–water partition coefficient (Wildman–Crippen LogP) is 0.985. The molecule has 0 aromatic carbocycles. The summed E-state index contributed by atoms with van der Waals surface area (Å²) in [6.45, 7) is 2.93. The van der Waals surface area contributed by atoms with E-state index in [2.05, 4.69) is 35.5 Å². The normalized spacial score (nSPS) is 11.4. The Bertz CT molecular complexity index is 447. The predicted molar refractivity (Wildman–Crippen MR) is 65.5 cm³/mol. The summed E-state index contributed by atoms with van der Waals surface area (Å²) in [5.74, 6) is 0. The maximum Gasteiger partial charge on any atom is 0.0706 e. The molecule has 0 fully saturated rings. The van der Waals surface area contributed by atoms with Crippen molar-refractivity contribution in [2.45, 2.75) is 6.54 Å². The molecular weight excluding hydrogens is 200 g/mol. The molecule has 0 spiro atoms. The molecule has 0 radical (unpaired) electrons. The third-order valence-corrected chi connectivity index (χ3v) is 2.56. The molecule has 4 nitrogen and oxygen atoms in total. The minimum atomic E-state index is 0.876. The number of fused-ring (bicyclic) bond motifs is 1. The van der Waals surface area contributed by atoms with Crippen LogP contribution in [0.15, 0.2) is 30.6 Å². The first-order valence-electron chi connectivity index (χ1n) is 5.54. The highest BCUT2D eigenvalue weighted by Gasteiger charge is 2.01. The van der Waals surface area contributed by atoms with Gasteiger partial charge in [-0.15, -0.1) is 0 Å². The molecule has 1 N–H and O–H groups in total. The summed E-state index contributed by atoms with van der Waals surface area (Å²) in [5.41, 5.74) is 2.43. The molecule has 0 aliphatic carbocycles. The molecule has 2 aromatic heterocycles. The first-order valence-corrected chi connectivity index (χ1v) is 5.54. The summed E-state index contributed by atoms with van der Waals surface area (Å²) < 4.78 is 1.91. The van der Waals surface area contributed by atoms with Crippen LogP contribution in [0.25, 0.3) is 5.52 Å². The Kier molecular flexibility index (Phi) is 3.54. The second kappa shape index (κ2) is 5.09. The van der Waals surface area contributed by atoms with E-state index in [9.17, 15) is 0 Å². The zero-order valence-electron chi connectivity index (χ0n) is 9.85. The van der Waals surface area contributed by atoms with Crippen LogP contribution in [0.3, 0.4) is 0 Å². The van der Waals surface area contributed by atoms with E-state index >= 15 is 0 Å². The molecule has 86 valence electrons. The van der Waals surface area contributed by atoms with Crippen LogP contribution in [0.5, 0.6) is 0 Å². The highest BCUT2D eigenvalue weighted by Crippen LogP contribution is 2.08. The average Bonchev–Trinajstić information content (AvgIpc) is 2.68. The quantitative estimate of drug-likeness (QED) is 0.760. The van der Waals surface area contributed by atoms with Crippen molar-refractivity contribution in [3.05, 3.63) is 36.2 Å². The van der Waals surface area contributed by atoms with E-state index in [1.165, 1.54) is 11.1 Å². The van der Waals surface area contributed by atoms with Crippen LogP contribution < -0.4 is 5.32 Å². The summed E-state index contributed by atoms with van der Waals surface area (Å²) in [7, 11) is 4.16. The van der Waals surface area contributed by atoms with Gasteiger partial charge in [-0.05, 0) is 26.2 Å². The molecular formula is C12H18N4. The molecule has 16 heavy (non-hydrogen) atoms. The van der Waals surface area contributed by atoms with E-state index in [4.69, 9.17) is 0 Å². The molecule has 2 aromatic rings. The number of pyridine rings is 1. The van der Waals surface area contributed by atoms with E-state index in [-0.39, 0.29) is 0 Å². The highest BCUT2D eigenvalue weighted by molar-refractivity contribution is 5.53. The van der Waals surface area contributed by atoms with E-state index < -0.39 is 0 Å². The Balaban J connectivity index is 1.94. The first kappa shape index (κ1) is 11.1. The van der Waals surface area contributed by atoms with Gasteiger partial charge in [-0.3, -0.25) is 0 Å². The molecule has 0 saturated heterocycles. The summed E-state index contributed by atoms with van der Waals surface area (Å²) in [4.78, 5) is 2.17. The van der Waals surface area contributed by atoms with Gasteiger partial charge in [0, 0.05) is 31.4 Å². The van der Waals surface area contributed by atoms with Gasteiger partial charge in [-0.25, -0.2) is 4.52 Å². The van der Waals surface area contributed by atoms with E-state index in [1.807, 2.05) is 29.0 Å². The number of hydrogen-bond acceptors (Lipinski definition) is 3. The molecule has 0 unspecified atom stereocenters. The molecule has 4 heteroatoms. The number of rotatable bonds is 5. The zero-order chi connectivity index (χ0) is 11.4. The maximum atomic E-state index is 4.30. The summed E-state index contributed by atoms with van der Waals surface area (Å²) >= 11 is 0. The van der Waals surface area contributed by atoms with Gasteiger partial charge in [0.05, 0.1) is 11.7 Å². The van der Waals surface area contributed by atoms with Crippen LogP contribution >= 0.6 is 0 Å². The summed E-state index contributed by atoms with van der Waals surface area (Å²) in [6, 6.07) is 6.12. The van der Waals surface area contributed by atoms with Gasteiger partial charge >= 0.3 is 0 Å². The maximum absolute atomic E-state index is 4.30. The minimum Gasteiger partial charge on any atom is -0.311 e. The topological polar surface area (TPSA) is 32.6 Å². The largest absolute Gasteiger partial charge is 0.311 e. The third kappa shape index (κ3) is 2.59. The highest BCUT2D eigenvalue weighted by atomic mass is 15.2. The van der Waals surface area contributed by atoms with Gasteiger partial charge < -0.3 is 10.2 Å². The third-order valence-electron chi connectivity index (χ3n) is 2.56. The molecule has 0 saturated carbocycles. The molecule has 0 amide bonds. The smallest absolute Gasteiger partial charge is 0.0706 e. The van der Waals surface area contributed by atoms with Gasteiger partial charge in [0.2, 0.25) is 0 Å². The van der Waals surface area contributed by atoms with Crippen molar-refractivity contribution in [3.63, 3.8) is 0 Å². The van der Waals surface area contributed by atoms with Gasteiger partial charge in [0.15, 0.2) is 0 Å². The van der Waals surface area contributed by atoms with Crippen molar-refractivity contribution in [2.75, 3.05) is 27.2 Å². The number of aromatic nitrogens is 2. The Morgan fingerprint density at radius 3 is 3.06 bits per heavy atom. The fraction of sp³-hybridized carbons (Fsp3) is 0.417. The van der Waals surface area contributed by atoms with Gasteiger partial charge in [0.1, 0.15) is 0 Å². The lowest BCUT2D eigenvalue weighted by Gasteiger charge is -2.09. The van der Waals surface area contributed by atoms with Gasteiger partial charge in [0.25, 0.3) is 0 Å². The fourth-order valence-electron chi connectivity index (χ4n) is 1.65. The van der Waals surface area contributed by atoms with E-state index in [0.717, 1.165) is 19.6 Å². The van der Waals surface area contributed by atoms with Crippen molar-refractivity contribution < 1.29 is 0 Å². The Labute approximate surface area is 95.9 Å². The van der Waals surface area contributed by atoms with Crippen LogP contribution in [0.2, 0.25) is 0 Å². The van der Waals surface area contributed by atoms with Crippen LogP contribution in [0, 0.1) is 0 Å². The Morgan fingerprint density at radius 1 is 1.38 bits per heavy atom. The number of nitrogens with one attached hydrogen (secondary N) is 1. The second-order valence-corrected chi connectivity index (χ2v) is 4.18. The second-order valence-electron chi connectivity index (χ2n) is 4.18. The number of likely N-dealkylation sites (N-methyl/N-ethyl adjacent to an activating group) is 1. The molecule has 2 rings (SSSR count). The molecule has 0 atom stereocenters. The van der Waals surface area contributed by atoms with Crippen molar-refractivity contribution in [3.8, 4) is 0 Å². The molecule has 0 aliphatic rings. The lowest BCUT2D eigenvalue weighted by Crippen LogP contribution is -2.26. The summed E-state index contributed by atoms with van der Waals surface area (Å²) in [6.07, 6.45) is 3.90. The van der Waals surface area contributed by atoms with Crippen molar-refractivity contribution in [2.24, 2.45) is 0 Å². The van der Waals surface area contributed by atoms with Crippen LogP contribution in [-0.2, 0) is 6.54 Å². The standard InChI is InChI=1S/C12H18N4/c1-15(2)8-6-13-9-11-10-14-16-7-4-3-5-12(11)16/h3-5,7,10,13H,6,8-9H2,1-2H3. The summed E-state index contributed by atoms with van der Waals surface area (Å²) in [5, 5.41) is 7.72. The Morgan fingerprint density at radius 2 is 2.25 bits per heavy atom. The van der Waals surface area contributed by atoms with Crippen LogP contribution in [-0.4, -0.2) is 41.7 Å². The van der Waals surface area contributed by atoms with Crippen LogP contribution in [0.1, 0.15) is 5.56 Å². The zero-order valence-corrected chi connectivity index (χ0v) is 9.85. The Hall–Kier alpha value is -1.39. The SMILES string of the molecule is CN(C)CCNCc1cnn2ccccc12. The monoisotopic (exact) mass is 218 g/mol. The van der Waals surface area contributed by atoms with Crippen molar-refractivity contribution in [1.29, 1.82) is 0 Å². The van der Waals surface area contributed by atoms with Crippen LogP contribution in [0.4, 0.5) is 0 Å². The first-order chi connectivity index (χ1) is 7.77. The lowest BCUT2D eigenvalue weighted by molar-refractivity contribution is 0.400. The lowest BCUT2D eigenvalue weighted by atomic mass is 10.2. The molecule has 2 heterocycles. The van der Waals surface area contributed by atoms with Crippen molar-refractivity contribution >= 4 is 5.52 Å². The van der Waals surface area contributed by atoms with E-state index in [1.54, 1.807) is 0 Å². The number of nitrogens with zero attached hydrogens (tertiary/aromatic N) is 3.